The van der Waals surface area contributed by atoms with Gasteiger partial charge in [0.05, 0.1) is 30.0 Å². The first-order chi connectivity index (χ1) is 14.3. The van der Waals surface area contributed by atoms with E-state index < -0.39 is 4.92 Å². The van der Waals surface area contributed by atoms with Gasteiger partial charge in [-0.2, -0.15) is 5.10 Å². The third-order valence-electron chi connectivity index (χ3n) is 4.74. The molecule has 0 saturated heterocycles. The number of hydrogen-bond donors (Lipinski definition) is 1. The van der Waals surface area contributed by atoms with Gasteiger partial charge >= 0.3 is 0 Å². The summed E-state index contributed by atoms with van der Waals surface area (Å²) < 4.78 is 7.29. The van der Waals surface area contributed by atoms with E-state index in [1.165, 1.54) is 19.2 Å². The van der Waals surface area contributed by atoms with Crippen molar-refractivity contribution in [1.29, 1.82) is 0 Å². The molecule has 0 unspecified atom stereocenters. The number of benzene rings is 2. The summed E-state index contributed by atoms with van der Waals surface area (Å²) in [6, 6.07) is 13.6. The van der Waals surface area contributed by atoms with Crippen molar-refractivity contribution >= 4 is 17.8 Å². The molecule has 0 aliphatic heterocycles. The predicted molar refractivity (Wildman–Crippen MR) is 115 cm³/mol. The molecule has 0 saturated carbocycles. The van der Waals surface area contributed by atoms with Crippen molar-refractivity contribution in [2.75, 3.05) is 7.11 Å². The van der Waals surface area contributed by atoms with E-state index in [-0.39, 0.29) is 11.6 Å². The minimum Gasteiger partial charge on any atom is -0.494 e. The first-order valence-corrected chi connectivity index (χ1v) is 9.23. The average Bonchev–Trinajstić information content (AvgIpc) is 3.00. The molecule has 8 heteroatoms. The summed E-state index contributed by atoms with van der Waals surface area (Å²) in [6.45, 7) is 5.73. The van der Waals surface area contributed by atoms with E-state index in [1.807, 2.05) is 43.5 Å². The number of hydrogen-bond acceptors (Lipinski definition) is 5. The first kappa shape index (κ1) is 20.8. The van der Waals surface area contributed by atoms with Crippen LogP contribution < -0.4 is 10.2 Å². The zero-order chi connectivity index (χ0) is 21.8. The maximum absolute atomic E-state index is 12.2. The van der Waals surface area contributed by atoms with Crippen molar-refractivity contribution in [2.24, 2.45) is 5.10 Å². The van der Waals surface area contributed by atoms with E-state index in [0.717, 1.165) is 22.5 Å². The van der Waals surface area contributed by atoms with Crippen LogP contribution in [0.4, 0.5) is 5.69 Å². The highest BCUT2D eigenvalue weighted by atomic mass is 16.6. The summed E-state index contributed by atoms with van der Waals surface area (Å²) in [7, 11) is 1.47. The summed E-state index contributed by atoms with van der Waals surface area (Å²) in [5, 5.41) is 15.1. The van der Waals surface area contributed by atoms with Crippen LogP contribution in [0.2, 0.25) is 0 Å². The Morgan fingerprint density at radius 2 is 1.93 bits per heavy atom. The number of aromatic nitrogens is 1. The fourth-order valence-electron chi connectivity index (χ4n) is 3.26. The molecule has 3 aromatic rings. The van der Waals surface area contributed by atoms with E-state index in [4.69, 9.17) is 4.74 Å². The van der Waals surface area contributed by atoms with Gasteiger partial charge in [0.25, 0.3) is 11.6 Å². The SMILES string of the molecule is COc1cc([N+](=O)[O-])ccc1-n1c(C)cc(/C=N\NC(=O)c2cccc(C)c2)c1C. The number of carbonyl (C=O) groups excluding carboxylic acids is 1. The number of hydrazone groups is 1. The number of aryl methyl sites for hydroxylation is 2. The van der Waals surface area contributed by atoms with Crippen molar-refractivity contribution in [1.82, 2.24) is 9.99 Å². The third kappa shape index (κ3) is 4.22. The highest BCUT2D eigenvalue weighted by Crippen LogP contribution is 2.31. The van der Waals surface area contributed by atoms with Crippen LogP contribution in [0.5, 0.6) is 5.75 Å². The Hall–Kier alpha value is -3.94. The van der Waals surface area contributed by atoms with Crippen LogP contribution in [0, 0.1) is 30.9 Å². The van der Waals surface area contributed by atoms with Gasteiger partial charge in [0, 0.05) is 28.6 Å². The molecule has 0 spiro atoms. The number of nitrogens with one attached hydrogen (secondary N) is 1. The summed E-state index contributed by atoms with van der Waals surface area (Å²) in [5.41, 5.74) is 7.25. The summed E-state index contributed by atoms with van der Waals surface area (Å²) in [6.07, 6.45) is 1.57. The Balaban J connectivity index is 1.86. The Morgan fingerprint density at radius 1 is 1.17 bits per heavy atom. The largest absolute Gasteiger partial charge is 0.494 e. The van der Waals surface area contributed by atoms with Crippen LogP contribution in [0.25, 0.3) is 5.69 Å². The molecule has 0 atom stereocenters. The zero-order valence-corrected chi connectivity index (χ0v) is 17.2. The van der Waals surface area contributed by atoms with Gasteiger partial charge < -0.3 is 9.30 Å². The molecule has 1 N–H and O–H groups in total. The number of ether oxygens (including phenoxy) is 1. The highest BCUT2D eigenvalue weighted by Gasteiger charge is 2.17. The van der Waals surface area contributed by atoms with Gasteiger partial charge in [-0.05, 0) is 45.0 Å². The molecule has 3 rings (SSSR count). The second-order valence-corrected chi connectivity index (χ2v) is 6.84. The molecule has 0 aliphatic rings. The van der Waals surface area contributed by atoms with Crippen LogP contribution in [0.15, 0.2) is 53.6 Å². The van der Waals surface area contributed by atoms with Crippen LogP contribution >= 0.6 is 0 Å². The minimum absolute atomic E-state index is 0.0429. The van der Waals surface area contributed by atoms with Crippen molar-refractivity contribution in [2.45, 2.75) is 20.8 Å². The molecular formula is C22H22N4O4. The Morgan fingerprint density at radius 3 is 2.60 bits per heavy atom. The molecule has 1 amide bonds. The van der Waals surface area contributed by atoms with E-state index in [1.54, 1.807) is 24.4 Å². The Bertz CT molecular complexity index is 1150. The summed E-state index contributed by atoms with van der Waals surface area (Å²) >= 11 is 0. The number of nitro benzene ring substituents is 1. The van der Waals surface area contributed by atoms with Gasteiger partial charge in [-0.25, -0.2) is 5.43 Å². The molecule has 0 radical (unpaired) electrons. The molecule has 0 fully saturated rings. The van der Waals surface area contributed by atoms with Crippen molar-refractivity contribution in [3.63, 3.8) is 0 Å². The Kier molecular flexibility index (Phi) is 5.96. The molecule has 1 heterocycles. The second-order valence-electron chi connectivity index (χ2n) is 6.84. The topological polar surface area (TPSA) is 98.8 Å². The molecule has 0 aliphatic carbocycles. The monoisotopic (exact) mass is 406 g/mol. The van der Waals surface area contributed by atoms with Gasteiger partial charge in [0.2, 0.25) is 0 Å². The molecular weight excluding hydrogens is 384 g/mol. The number of non-ortho nitro benzene ring substituents is 1. The fourth-order valence-corrected chi connectivity index (χ4v) is 3.26. The lowest BCUT2D eigenvalue weighted by molar-refractivity contribution is -0.384. The first-order valence-electron chi connectivity index (χ1n) is 9.23. The average molecular weight is 406 g/mol. The number of nitro groups is 1. The van der Waals surface area contributed by atoms with Gasteiger partial charge in [-0.3, -0.25) is 14.9 Å². The lowest BCUT2D eigenvalue weighted by Crippen LogP contribution is -2.17. The molecule has 8 nitrogen and oxygen atoms in total. The summed E-state index contributed by atoms with van der Waals surface area (Å²) in [5.74, 6) is 0.100. The van der Waals surface area contributed by atoms with E-state index in [2.05, 4.69) is 10.5 Å². The van der Waals surface area contributed by atoms with E-state index >= 15 is 0 Å². The maximum atomic E-state index is 12.2. The summed E-state index contributed by atoms with van der Waals surface area (Å²) in [4.78, 5) is 22.8. The normalized spacial score (nSPS) is 10.9. The highest BCUT2D eigenvalue weighted by molar-refractivity contribution is 5.95. The second kappa shape index (κ2) is 8.60. The lowest BCUT2D eigenvalue weighted by atomic mass is 10.1. The zero-order valence-electron chi connectivity index (χ0n) is 17.2. The molecule has 0 bridgehead atoms. The smallest absolute Gasteiger partial charge is 0.273 e. The van der Waals surface area contributed by atoms with Crippen LogP contribution in [0.1, 0.15) is 32.9 Å². The van der Waals surface area contributed by atoms with Crippen molar-refractivity contribution in [3.8, 4) is 11.4 Å². The fraction of sp³-hybridized carbons (Fsp3) is 0.182. The predicted octanol–water partition coefficient (Wildman–Crippen LogP) is 4.08. The molecule has 30 heavy (non-hydrogen) atoms. The maximum Gasteiger partial charge on any atom is 0.273 e. The van der Waals surface area contributed by atoms with Crippen molar-refractivity contribution < 1.29 is 14.5 Å². The van der Waals surface area contributed by atoms with Gasteiger partial charge in [-0.1, -0.05) is 17.7 Å². The van der Waals surface area contributed by atoms with E-state index in [9.17, 15) is 14.9 Å². The van der Waals surface area contributed by atoms with Crippen molar-refractivity contribution in [3.05, 3.63) is 86.7 Å². The standard InChI is InChI=1S/C22H22N4O4/c1-14-6-5-7-17(10-14)22(27)24-23-13-18-11-15(2)25(16(18)3)20-9-8-19(26(28)29)12-21(20)30-4/h5-13H,1-4H3,(H,24,27)/b23-13-. The van der Waals surface area contributed by atoms with Crippen LogP contribution in [-0.2, 0) is 0 Å². The quantitative estimate of drug-likeness (QED) is 0.379. The molecule has 2 aromatic carbocycles. The number of rotatable bonds is 6. The van der Waals surface area contributed by atoms with E-state index in [0.29, 0.717) is 17.0 Å². The van der Waals surface area contributed by atoms with Gasteiger partial charge in [0.1, 0.15) is 5.75 Å². The van der Waals surface area contributed by atoms with Gasteiger partial charge in [-0.15, -0.1) is 0 Å². The lowest BCUT2D eigenvalue weighted by Gasteiger charge is -2.13. The number of carbonyl (C=O) groups is 1. The van der Waals surface area contributed by atoms with Gasteiger partial charge in [0.15, 0.2) is 0 Å². The van der Waals surface area contributed by atoms with Crippen LogP contribution in [0.3, 0.4) is 0 Å². The number of amides is 1. The van der Waals surface area contributed by atoms with Crippen LogP contribution in [-0.4, -0.2) is 28.7 Å². The minimum atomic E-state index is -0.462. The number of methoxy groups -OCH3 is 1. The molecule has 154 valence electrons. The Labute approximate surface area is 173 Å². The third-order valence-corrected chi connectivity index (χ3v) is 4.74. The molecule has 1 aromatic heterocycles. The number of nitrogens with zero attached hydrogens (tertiary/aromatic N) is 3.